The summed E-state index contributed by atoms with van der Waals surface area (Å²) in [7, 11) is -3.45. The van der Waals surface area contributed by atoms with Crippen LogP contribution in [0, 0.1) is 0 Å². The summed E-state index contributed by atoms with van der Waals surface area (Å²) in [6.45, 7) is 5.04. The van der Waals surface area contributed by atoms with E-state index in [0.29, 0.717) is 45.5 Å². The van der Waals surface area contributed by atoms with Crippen molar-refractivity contribution in [1.29, 1.82) is 0 Å². The Balaban J connectivity index is 1.88. The molecule has 1 amide bonds. The second kappa shape index (κ2) is 8.26. The van der Waals surface area contributed by atoms with E-state index in [9.17, 15) is 18.0 Å². The third-order valence-corrected chi connectivity index (χ3v) is 6.30. The number of rotatable bonds is 6. The minimum absolute atomic E-state index is 0.0153. The number of esters is 1. The molecule has 2 atom stereocenters. The van der Waals surface area contributed by atoms with E-state index in [2.05, 4.69) is 0 Å². The van der Waals surface area contributed by atoms with Gasteiger partial charge in [0.05, 0.1) is 18.5 Å². The molecule has 2 unspecified atom stereocenters. The fourth-order valence-corrected chi connectivity index (χ4v) is 4.79. The van der Waals surface area contributed by atoms with Crippen LogP contribution in [0.5, 0.6) is 0 Å². The summed E-state index contributed by atoms with van der Waals surface area (Å²) >= 11 is 0. The smallest absolute Gasteiger partial charge is 0.324 e. The first kappa shape index (κ1) is 19.1. The van der Waals surface area contributed by atoms with Gasteiger partial charge in [0, 0.05) is 19.6 Å². The lowest BCUT2D eigenvalue weighted by Gasteiger charge is -2.31. The summed E-state index contributed by atoms with van der Waals surface area (Å²) in [5.41, 5.74) is 0. The predicted octanol–water partition coefficient (Wildman–Crippen LogP) is -0.0189. The van der Waals surface area contributed by atoms with Gasteiger partial charge in [-0.15, -0.1) is 0 Å². The topological polar surface area (TPSA) is 93.2 Å². The van der Waals surface area contributed by atoms with Gasteiger partial charge in [-0.05, 0) is 26.2 Å². The van der Waals surface area contributed by atoms with Crippen molar-refractivity contribution in [2.75, 3.05) is 38.6 Å². The monoisotopic (exact) mass is 362 g/mol. The van der Waals surface area contributed by atoms with Crippen molar-refractivity contribution in [3.63, 3.8) is 0 Å². The van der Waals surface area contributed by atoms with Crippen molar-refractivity contribution >= 4 is 21.9 Å². The van der Waals surface area contributed by atoms with Gasteiger partial charge in [0.15, 0.2) is 6.61 Å². The van der Waals surface area contributed by atoms with E-state index in [0.717, 1.165) is 0 Å². The Bertz CT molecular complexity index is 564. The zero-order valence-electron chi connectivity index (χ0n) is 14.3. The van der Waals surface area contributed by atoms with E-state index in [4.69, 9.17) is 9.47 Å². The molecule has 0 aromatic heterocycles. The van der Waals surface area contributed by atoms with Gasteiger partial charge in [0.2, 0.25) is 10.0 Å². The average Bonchev–Trinajstić information content (AvgIpc) is 3.03. The molecular formula is C15H26N2O6S. The molecule has 8 nitrogen and oxygen atoms in total. The third-order valence-electron chi connectivity index (χ3n) is 4.23. The lowest BCUT2D eigenvalue weighted by molar-refractivity contribution is -0.157. The van der Waals surface area contributed by atoms with Crippen LogP contribution >= 0.6 is 0 Å². The summed E-state index contributed by atoms with van der Waals surface area (Å²) in [6, 6.07) is -0.807. The highest BCUT2D eigenvalue weighted by molar-refractivity contribution is 7.89. The van der Waals surface area contributed by atoms with Crippen LogP contribution in [0.3, 0.4) is 0 Å². The molecule has 0 aromatic rings. The van der Waals surface area contributed by atoms with E-state index < -0.39 is 22.0 Å². The molecule has 2 aliphatic rings. The Hall–Kier alpha value is -1.19. The van der Waals surface area contributed by atoms with Crippen molar-refractivity contribution in [3.05, 3.63) is 0 Å². The van der Waals surface area contributed by atoms with Gasteiger partial charge < -0.3 is 14.4 Å². The van der Waals surface area contributed by atoms with Crippen LogP contribution in [-0.4, -0.2) is 80.2 Å². The number of sulfonamides is 1. The molecule has 0 bridgehead atoms. The summed E-state index contributed by atoms with van der Waals surface area (Å²) < 4.78 is 36.1. The fourth-order valence-electron chi connectivity index (χ4n) is 3.05. The molecule has 2 aliphatic heterocycles. The van der Waals surface area contributed by atoms with E-state index in [1.54, 1.807) is 11.8 Å². The van der Waals surface area contributed by atoms with Gasteiger partial charge in [0.1, 0.15) is 6.04 Å². The molecule has 2 fully saturated rings. The third kappa shape index (κ3) is 4.67. The van der Waals surface area contributed by atoms with Gasteiger partial charge in [-0.2, -0.15) is 4.31 Å². The molecule has 0 aliphatic carbocycles. The normalized spacial score (nSPS) is 25.7. The molecule has 0 aromatic carbocycles. The first-order valence-electron chi connectivity index (χ1n) is 8.40. The molecule has 138 valence electrons. The van der Waals surface area contributed by atoms with Crippen molar-refractivity contribution in [2.24, 2.45) is 0 Å². The number of morpholine rings is 1. The minimum Gasteiger partial charge on any atom is -0.454 e. The highest BCUT2D eigenvalue weighted by atomic mass is 32.2. The van der Waals surface area contributed by atoms with E-state index in [1.165, 1.54) is 4.31 Å². The van der Waals surface area contributed by atoms with Gasteiger partial charge in [0.25, 0.3) is 5.91 Å². The van der Waals surface area contributed by atoms with Crippen LogP contribution in [0.15, 0.2) is 0 Å². The lowest BCUT2D eigenvalue weighted by Crippen LogP contribution is -2.47. The van der Waals surface area contributed by atoms with Crippen LogP contribution < -0.4 is 0 Å². The number of amides is 1. The summed E-state index contributed by atoms with van der Waals surface area (Å²) in [5, 5.41) is 0. The number of nitrogens with zero attached hydrogens (tertiary/aromatic N) is 2. The molecule has 0 radical (unpaired) electrons. The largest absolute Gasteiger partial charge is 0.454 e. The Morgan fingerprint density at radius 1 is 1.29 bits per heavy atom. The van der Waals surface area contributed by atoms with Crippen LogP contribution in [0.2, 0.25) is 0 Å². The average molecular weight is 362 g/mol. The Morgan fingerprint density at radius 3 is 2.71 bits per heavy atom. The van der Waals surface area contributed by atoms with Crippen LogP contribution in [0.4, 0.5) is 0 Å². The molecule has 0 saturated carbocycles. The maximum absolute atomic E-state index is 12.2. The Morgan fingerprint density at radius 2 is 2.04 bits per heavy atom. The summed E-state index contributed by atoms with van der Waals surface area (Å²) in [5.74, 6) is -0.900. The standard InChI is InChI=1S/C15H26N2O6S/c1-3-9-24(20,21)17-6-4-5-13(17)15(19)23-11-14(18)16-7-8-22-12(2)10-16/h12-13H,3-11H2,1-2H3. The Labute approximate surface area is 143 Å². The first-order valence-corrected chi connectivity index (χ1v) is 10.0. The Kier molecular flexibility index (Phi) is 6.59. The van der Waals surface area contributed by atoms with Crippen LogP contribution in [0.1, 0.15) is 33.1 Å². The maximum atomic E-state index is 12.2. The van der Waals surface area contributed by atoms with Gasteiger partial charge in [-0.25, -0.2) is 8.42 Å². The van der Waals surface area contributed by atoms with Crippen molar-refractivity contribution in [3.8, 4) is 0 Å². The second-order valence-electron chi connectivity index (χ2n) is 6.21. The van der Waals surface area contributed by atoms with Crippen molar-refractivity contribution in [1.82, 2.24) is 9.21 Å². The van der Waals surface area contributed by atoms with Crippen LogP contribution in [0.25, 0.3) is 0 Å². The zero-order valence-corrected chi connectivity index (χ0v) is 15.1. The lowest BCUT2D eigenvalue weighted by atomic mass is 10.2. The number of hydrogen-bond donors (Lipinski definition) is 0. The van der Waals surface area contributed by atoms with Gasteiger partial charge in [-0.3, -0.25) is 9.59 Å². The SMILES string of the molecule is CCCS(=O)(=O)N1CCCC1C(=O)OCC(=O)N1CCOC(C)C1. The predicted molar refractivity (Wildman–Crippen MR) is 86.8 cm³/mol. The van der Waals surface area contributed by atoms with Crippen molar-refractivity contribution < 1.29 is 27.5 Å². The molecule has 0 N–H and O–H groups in total. The number of hydrogen-bond acceptors (Lipinski definition) is 6. The highest BCUT2D eigenvalue weighted by Gasteiger charge is 2.39. The number of carbonyl (C=O) groups excluding carboxylic acids is 2. The molecule has 2 rings (SSSR count). The summed E-state index contributed by atoms with van der Waals surface area (Å²) in [6.07, 6.45) is 1.51. The number of ether oxygens (including phenoxy) is 2. The van der Waals surface area contributed by atoms with Crippen molar-refractivity contribution in [2.45, 2.75) is 45.3 Å². The van der Waals surface area contributed by atoms with Gasteiger partial charge >= 0.3 is 5.97 Å². The molecule has 0 spiro atoms. The van der Waals surface area contributed by atoms with E-state index in [-0.39, 0.29) is 24.4 Å². The van der Waals surface area contributed by atoms with E-state index >= 15 is 0 Å². The number of carbonyl (C=O) groups is 2. The second-order valence-corrected chi connectivity index (χ2v) is 8.25. The summed E-state index contributed by atoms with van der Waals surface area (Å²) in [4.78, 5) is 25.9. The van der Waals surface area contributed by atoms with Gasteiger partial charge in [-0.1, -0.05) is 6.92 Å². The molecule has 24 heavy (non-hydrogen) atoms. The molecule has 9 heteroatoms. The maximum Gasteiger partial charge on any atom is 0.324 e. The zero-order chi connectivity index (χ0) is 17.7. The first-order chi connectivity index (χ1) is 11.3. The minimum atomic E-state index is -3.45. The molecule has 2 saturated heterocycles. The van der Waals surface area contributed by atoms with E-state index in [1.807, 2.05) is 6.92 Å². The molecule has 2 heterocycles. The molecular weight excluding hydrogens is 336 g/mol. The quantitative estimate of drug-likeness (QED) is 0.617. The highest BCUT2D eigenvalue weighted by Crippen LogP contribution is 2.23. The fraction of sp³-hybridized carbons (Fsp3) is 0.867. The van der Waals surface area contributed by atoms with Crippen LogP contribution in [-0.2, 0) is 29.1 Å².